The summed E-state index contributed by atoms with van der Waals surface area (Å²) in [5, 5.41) is 10.8. The molecule has 0 amide bonds. The van der Waals surface area contributed by atoms with Gasteiger partial charge in [0.05, 0.1) is 5.02 Å². The summed E-state index contributed by atoms with van der Waals surface area (Å²) in [4.78, 5) is 2.04. The van der Waals surface area contributed by atoms with Gasteiger partial charge in [-0.1, -0.05) is 42.3 Å². The average Bonchev–Trinajstić information content (AvgIpc) is 2.44. The molecule has 0 aromatic heterocycles. The standard InChI is InChI=1S/C16H17Cl2NO/c1-3-11-4-6-14(7-5-11)19(2)10-12-8-13(17)9-15(18)16(12)20/h4-9,20H,3,10H2,1-2H3. The van der Waals surface area contributed by atoms with Gasteiger partial charge in [0.2, 0.25) is 0 Å². The van der Waals surface area contributed by atoms with E-state index in [1.807, 2.05) is 11.9 Å². The number of aromatic hydroxyl groups is 1. The van der Waals surface area contributed by atoms with E-state index < -0.39 is 0 Å². The van der Waals surface area contributed by atoms with Crippen molar-refractivity contribution in [3.05, 3.63) is 57.6 Å². The van der Waals surface area contributed by atoms with Crippen LogP contribution in [0, 0.1) is 0 Å². The third kappa shape index (κ3) is 3.38. The second-order valence-electron chi connectivity index (χ2n) is 4.77. The van der Waals surface area contributed by atoms with Gasteiger partial charge in [-0.2, -0.15) is 0 Å². The van der Waals surface area contributed by atoms with E-state index in [2.05, 4.69) is 31.2 Å². The maximum absolute atomic E-state index is 9.98. The van der Waals surface area contributed by atoms with Crippen LogP contribution in [-0.4, -0.2) is 12.2 Å². The molecule has 20 heavy (non-hydrogen) atoms. The first kappa shape index (κ1) is 15.0. The first-order valence-corrected chi connectivity index (χ1v) is 7.23. The van der Waals surface area contributed by atoms with Gasteiger partial charge < -0.3 is 10.0 Å². The highest BCUT2D eigenvalue weighted by molar-refractivity contribution is 6.35. The molecule has 0 fully saturated rings. The Hall–Kier alpha value is -1.38. The molecule has 2 aromatic rings. The molecular weight excluding hydrogens is 293 g/mol. The Kier molecular flexibility index (Phi) is 4.79. The van der Waals surface area contributed by atoms with Crippen LogP contribution in [0.1, 0.15) is 18.1 Å². The highest BCUT2D eigenvalue weighted by Crippen LogP contribution is 2.32. The molecule has 0 radical (unpaired) electrons. The zero-order valence-electron chi connectivity index (χ0n) is 11.5. The Morgan fingerprint density at radius 3 is 2.35 bits per heavy atom. The third-order valence-corrected chi connectivity index (χ3v) is 3.81. The van der Waals surface area contributed by atoms with E-state index in [0.717, 1.165) is 12.1 Å². The number of phenolic OH excluding ortho intramolecular Hbond substituents is 1. The molecule has 0 saturated heterocycles. The van der Waals surface area contributed by atoms with Gasteiger partial charge in [0.25, 0.3) is 0 Å². The van der Waals surface area contributed by atoms with Crippen molar-refractivity contribution < 1.29 is 5.11 Å². The molecule has 0 aliphatic carbocycles. The monoisotopic (exact) mass is 309 g/mol. The second kappa shape index (κ2) is 6.38. The summed E-state index contributed by atoms with van der Waals surface area (Å²) in [5.74, 6) is 0.0908. The van der Waals surface area contributed by atoms with Crippen LogP contribution in [0.4, 0.5) is 5.69 Å². The first-order valence-electron chi connectivity index (χ1n) is 6.48. The predicted octanol–water partition coefficient (Wildman–Crippen LogP) is 4.90. The molecule has 0 heterocycles. The Morgan fingerprint density at radius 1 is 1.10 bits per heavy atom. The minimum atomic E-state index is 0.0908. The van der Waals surface area contributed by atoms with Crippen LogP contribution in [0.25, 0.3) is 0 Å². The fourth-order valence-corrected chi connectivity index (χ4v) is 2.61. The van der Waals surface area contributed by atoms with Gasteiger partial charge in [0.1, 0.15) is 5.75 Å². The fourth-order valence-electron chi connectivity index (χ4n) is 2.07. The number of halogens is 2. The summed E-state index contributed by atoms with van der Waals surface area (Å²) in [6, 6.07) is 11.6. The third-order valence-electron chi connectivity index (χ3n) is 3.30. The summed E-state index contributed by atoms with van der Waals surface area (Å²) in [7, 11) is 1.97. The van der Waals surface area contributed by atoms with Gasteiger partial charge in [0, 0.05) is 29.9 Å². The lowest BCUT2D eigenvalue weighted by Crippen LogP contribution is -2.16. The summed E-state index contributed by atoms with van der Waals surface area (Å²) in [6.07, 6.45) is 1.02. The average molecular weight is 310 g/mol. The van der Waals surface area contributed by atoms with Crippen molar-refractivity contribution in [3.8, 4) is 5.75 Å². The van der Waals surface area contributed by atoms with Crippen LogP contribution in [0.5, 0.6) is 5.75 Å². The molecule has 2 nitrogen and oxygen atoms in total. The Balaban J connectivity index is 2.20. The van der Waals surface area contributed by atoms with Crippen molar-refractivity contribution in [2.24, 2.45) is 0 Å². The van der Waals surface area contributed by atoms with E-state index in [1.165, 1.54) is 11.6 Å². The summed E-state index contributed by atoms with van der Waals surface area (Å²) >= 11 is 11.9. The summed E-state index contributed by atoms with van der Waals surface area (Å²) < 4.78 is 0. The lowest BCUT2D eigenvalue weighted by molar-refractivity contribution is 0.468. The van der Waals surface area contributed by atoms with Crippen molar-refractivity contribution in [1.29, 1.82) is 0 Å². The maximum Gasteiger partial charge on any atom is 0.139 e. The quantitative estimate of drug-likeness (QED) is 0.868. The largest absolute Gasteiger partial charge is 0.506 e. The lowest BCUT2D eigenvalue weighted by atomic mass is 10.1. The van der Waals surface area contributed by atoms with Gasteiger partial charge in [-0.3, -0.25) is 0 Å². The van der Waals surface area contributed by atoms with E-state index in [0.29, 0.717) is 17.1 Å². The molecule has 0 spiro atoms. The van der Waals surface area contributed by atoms with Crippen LogP contribution in [0.3, 0.4) is 0 Å². The molecule has 0 bridgehead atoms. The molecule has 106 valence electrons. The molecule has 2 rings (SSSR count). The van der Waals surface area contributed by atoms with Crippen LogP contribution < -0.4 is 4.90 Å². The van der Waals surface area contributed by atoms with Crippen molar-refractivity contribution in [3.63, 3.8) is 0 Å². The minimum Gasteiger partial charge on any atom is -0.506 e. The van der Waals surface area contributed by atoms with Gasteiger partial charge >= 0.3 is 0 Å². The van der Waals surface area contributed by atoms with E-state index in [1.54, 1.807) is 6.07 Å². The van der Waals surface area contributed by atoms with Crippen LogP contribution in [-0.2, 0) is 13.0 Å². The maximum atomic E-state index is 9.98. The Morgan fingerprint density at radius 2 is 1.75 bits per heavy atom. The number of rotatable bonds is 4. The second-order valence-corrected chi connectivity index (χ2v) is 5.62. The van der Waals surface area contributed by atoms with Gasteiger partial charge in [-0.25, -0.2) is 0 Å². The number of nitrogens with zero attached hydrogens (tertiary/aromatic N) is 1. The van der Waals surface area contributed by atoms with Crippen molar-refractivity contribution in [1.82, 2.24) is 0 Å². The zero-order chi connectivity index (χ0) is 14.7. The van der Waals surface area contributed by atoms with E-state index in [9.17, 15) is 5.11 Å². The highest BCUT2D eigenvalue weighted by Gasteiger charge is 2.10. The van der Waals surface area contributed by atoms with E-state index in [4.69, 9.17) is 23.2 Å². The molecule has 2 aromatic carbocycles. The number of anilines is 1. The lowest BCUT2D eigenvalue weighted by Gasteiger charge is -2.20. The fraction of sp³-hybridized carbons (Fsp3) is 0.250. The number of aryl methyl sites for hydroxylation is 1. The Bertz CT molecular complexity index is 596. The van der Waals surface area contributed by atoms with Crippen molar-refractivity contribution >= 4 is 28.9 Å². The van der Waals surface area contributed by atoms with Crippen LogP contribution in [0.2, 0.25) is 10.0 Å². The molecular formula is C16H17Cl2NO. The topological polar surface area (TPSA) is 23.5 Å². The van der Waals surface area contributed by atoms with Crippen molar-refractivity contribution in [2.75, 3.05) is 11.9 Å². The normalized spacial score (nSPS) is 10.6. The van der Waals surface area contributed by atoms with Gasteiger partial charge in [0.15, 0.2) is 0 Å². The first-order chi connectivity index (χ1) is 9.51. The van der Waals surface area contributed by atoms with Crippen LogP contribution >= 0.6 is 23.2 Å². The van der Waals surface area contributed by atoms with Crippen molar-refractivity contribution in [2.45, 2.75) is 19.9 Å². The minimum absolute atomic E-state index is 0.0908. The molecule has 0 atom stereocenters. The predicted molar refractivity (Wildman–Crippen MR) is 86.1 cm³/mol. The highest BCUT2D eigenvalue weighted by atomic mass is 35.5. The smallest absolute Gasteiger partial charge is 0.139 e. The zero-order valence-corrected chi connectivity index (χ0v) is 13.0. The number of benzene rings is 2. The number of hydrogen-bond acceptors (Lipinski definition) is 2. The van der Waals surface area contributed by atoms with E-state index in [-0.39, 0.29) is 10.8 Å². The van der Waals surface area contributed by atoms with Gasteiger partial charge in [-0.05, 0) is 36.2 Å². The molecule has 0 saturated carbocycles. The number of phenols is 1. The number of hydrogen-bond donors (Lipinski definition) is 1. The Labute approximate surface area is 129 Å². The SMILES string of the molecule is CCc1ccc(N(C)Cc2cc(Cl)cc(Cl)c2O)cc1. The molecule has 0 aliphatic rings. The molecule has 0 unspecified atom stereocenters. The van der Waals surface area contributed by atoms with Gasteiger partial charge in [-0.15, -0.1) is 0 Å². The molecule has 0 aliphatic heterocycles. The van der Waals surface area contributed by atoms with E-state index >= 15 is 0 Å². The molecule has 4 heteroatoms. The summed E-state index contributed by atoms with van der Waals surface area (Å²) in [5.41, 5.74) is 3.10. The molecule has 1 N–H and O–H groups in total. The van der Waals surface area contributed by atoms with Crippen LogP contribution in [0.15, 0.2) is 36.4 Å². The summed E-state index contributed by atoms with van der Waals surface area (Å²) in [6.45, 7) is 2.67.